The van der Waals surface area contributed by atoms with Crippen molar-refractivity contribution < 1.29 is 14.6 Å². The van der Waals surface area contributed by atoms with Crippen LogP contribution in [0.25, 0.3) is 0 Å². The second-order valence-corrected chi connectivity index (χ2v) is 7.34. The molecule has 118 valence electrons. The summed E-state index contributed by atoms with van der Waals surface area (Å²) in [6.07, 6.45) is 7.66. The predicted octanol–water partition coefficient (Wildman–Crippen LogP) is 2.12. The van der Waals surface area contributed by atoms with Crippen molar-refractivity contribution in [2.45, 2.75) is 69.8 Å². The molecule has 2 fully saturated rings. The number of nitrogens with zero attached hydrogens (tertiary/aromatic N) is 1. The Hall–Kier alpha value is -0.870. The molecule has 1 amide bonds. The number of rotatable bonds is 2. The van der Waals surface area contributed by atoms with Gasteiger partial charge in [0.05, 0.1) is 23.7 Å². The second kappa shape index (κ2) is 4.82. The van der Waals surface area contributed by atoms with Crippen LogP contribution in [0.5, 0.6) is 0 Å². The van der Waals surface area contributed by atoms with Gasteiger partial charge in [-0.25, -0.2) is 0 Å². The molecule has 2 saturated heterocycles. The first kappa shape index (κ1) is 15.0. The van der Waals surface area contributed by atoms with Crippen LogP contribution in [-0.4, -0.2) is 46.3 Å². The summed E-state index contributed by atoms with van der Waals surface area (Å²) >= 11 is 0. The fourth-order valence-electron chi connectivity index (χ4n) is 4.72. The number of allylic oxidation sites excluding steroid dienone is 1. The highest BCUT2D eigenvalue weighted by Gasteiger charge is 2.69. The van der Waals surface area contributed by atoms with Crippen LogP contribution >= 0.6 is 0 Å². The summed E-state index contributed by atoms with van der Waals surface area (Å²) in [5, 5.41) is 11.1. The number of hydrogen-bond acceptors (Lipinski definition) is 3. The molecule has 0 aromatic rings. The first-order valence-corrected chi connectivity index (χ1v) is 8.12. The predicted molar refractivity (Wildman–Crippen MR) is 80.7 cm³/mol. The van der Waals surface area contributed by atoms with Gasteiger partial charge in [-0.2, -0.15) is 0 Å². The molecule has 21 heavy (non-hydrogen) atoms. The molecule has 1 N–H and O–H groups in total. The van der Waals surface area contributed by atoms with Gasteiger partial charge in [0.15, 0.2) is 0 Å². The van der Waals surface area contributed by atoms with Crippen molar-refractivity contribution in [3.8, 4) is 0 Å². The highest BCUT2D eigenvalue weighted by molar-refractivity contribution is 5.85. The zero-order valence-electron chi connectivity index (χ0n) is 13.5. The van der Waals surface area contributed by atoms with E-state index in [1.54, 1.807) is 4.90 Å². The van der Waals surface area contributed by atoms with Gasteiger partial charge in [-0.15, -0.1) is 0 Å². The van der Waals surface area contributed by atoms with Gasteiger partial charge in [-0.1, -0.05) is 12.2 Å². The molecule has 0 aromatic carbocycles. The Morgan fingerprint density at radius 3 is 2.81 bits per heavy atom. The number of likely N-dealkylation sites (N-methyl/N-ethyl adjacent to an activating group) is 1. The Bertz CT molecular complexity index is 477. The number of aliphatic hydroxyl groups excluding tert-OH is 1. The average Bonchev–Trinajstić information content (AvgIpc) is 2.86. The fraction of sp³-hybridized carbons (Fsp3) is 0.824. The topological polar surface area (TPSA) is 49.8 Å². The van der Waals surface area contributed by atoms with E-state index in [4.69, 9.17) is 4.74 Å². The molecule has 0 radical (unpaired) electrons. The highest BCUT2D eigenvalue weighted by atomic mass is 16.5. The van der Waals surface area contributed by atoms with E-state index in [0.29, 0.717) is 0 Å². The normalized spacial score (nSPS) is 47.8. The van der Waals surface area contributed by atoms with Crippen molar-refractivity contribution in [2.75, 3.05) is 7.05 Å². The van der Waals surface area contributed by atoms with Gasteiger partial charge in [-0.05, 0) is 46.5 Å². The molecule has 1 aliphatic carbocycles. The van der Waals surface area contributed by atoms with Gasteiger partial charge in [0, 0.05) is 13.0 Å². The number of carbonyl (C=O) groups is 1. The summed E-state index contributed by atoms with van der Waals surface area (Å²) in [5.41, 5.74) is -1.28. The lowest BCUT2D eigenvalue weighted by Gasteiger charge is -2.48. The van der Waals surface area contributed by atoms with E-state index in [0.717, 1.165) is 25.7 Å². The largest absolute Gasteiger partial charge is 0.390 e. The molecule has 3 aliphatic rings. The van der Waals surface area contributed by atoms with Crippen molar-refractivity contribution in [3.63, 3.8) is 0 Å². The van der Waals surface area contributed by atoms with Crippen LogP contribution in [0.4, 0.5) is 0 Å². The minimum Gasteiger partial charge on any atom is -0.390 e. The van der Waals surface area contributed by atoms with E-state index in [9.17, 15) is 9.90 Å². The number of ether oxygens (including phenoxy) is 1. The number of aliphatic hydroxyl groups is 1. The molecule has 0 aromatic heterocycles. The number of likely N-dealkylation sites (tertiary alicyclic amines) is 1. The Labute approximate surface area is 127 Å². The standard InChI is InChI=1S/C17H27NO3/c1-11-10-13-15(20)18(4)16(2,17(13,3)21-11)14(19)12-8-6-5-7-9-12/h6,8,11-14,19H,5,7,9-10H2,1-4H3/t11?,12-,13+,14-,16-,17+/m1/s1. The number of hydrogen-bond donors (Lipinski definition) is 1. The van der Waals surface area contributed by atoms with Gasteiger partial charge in [0.25, 0.3) is 0 Å². The van der Waals surface area contributed by atoms with E-state index in [1.807, 2.05) is 27.8 Å². The molecular formula is C17H27NO3. The van der Waals surface area contributed by atoms with Crippen molar-refractivity contribution in [2.24, 2.45) is 11.8 Å². The molecule has 0 spiro atoms. The second-order valence-electron chi connectivity index (χ2n) is 7.34. The molecule has 2 aliphatic heterocycles. The summed E-state index contributed by atoms with van der Waals surface area (Å²) in [7, 11) is 1.82. The molecule has 0 saturated carbocycles. The maximum Gasteiger partial charge on any atom is 0.229 e. The Kier molecular flexibility index (Phi) is 3.45. The van der Waals surface area contributed by atoms with E-state index < -0.39 is 17.2 Å². The van der Waals surface area contributed by atoms with Crippen LogP contribution in [0.15, 0.2) is 12.2 Å². The Morgan fingerprint density at radius 1 is 1.48 bits per heavy atom. The fourth-order valence-corrected chi connectivity index (χ4v) is 4.72. The molecule has 4 heteroatoms. The molecule has 0 bridgehead atoms. The monoisotopic (exact) mass is 293 g/mol. The summed E-state index contributed by atoms with van der Waals surface area (Å²) in [5.74, 6) is 0.0852. The van der Waals surface area contributed by atoms with Crippen molar-refractivity contribution in [3.05, 3.63) is 12.2 Å². The van der Waals surface area contributed by atoms with Crippen LogP contribution < -0.4 is 0 Å². The lowest BCUT2D eigenvalue weighted by atomic mass is 9.70. The third-order valence-corrected chi connectivity index (χ3v) is 6.28. The lowest BCUT2D eigenvalue weighted by molar-refractivity contribution is -0.153. The summed E-state index contributed by atoms with van der Waals surface area (Å²) < 4.78 is 6.19. The van der Waals surface area contributed by atoms with E-state index in [2.05, 4.69) is 12.2 Å². The van der Waals surface area contributed by atoms with Crippen LogP contribution in [0.1, 0.15) is 46.5 Å². The summed E-state index contributed by atoms with van der Waals surface area (Å²) in [6, 6.07) is 0. The van der Waals surface area contributed by atoms with Crippen LogP contribution in [-0.2, 0) is 9.53 Å². The zero-order chi connectivity index (χ0) is 15.4. The van der Waals surface area contributed by atoms with Crippen LogP contribution in [0, 0.1) is 11.8 Å². The number of amides is 1. The van der Waals surface area contributed by atoms with Gasteiger partial charge in [0.2, 0.25) is 5.91 Å². The lowest BCUT2D eigenvalue weighted by Crippen LogP contribution is -2.64. The minimum atomic E-state index is -0.675. The number of fused-ring (bicyclic) bond motifs is 1. The molecule has 1 unspecified atom stereocenters. The van der Waals surface area contributed by atoms with Gasteiger partial charge in [0.1, 0.15) is 5.60 Å². The van der Waals surface area contributed by atoms with Crippen molar-refractivity contribution in [1.82, 2.24) is 4.90 Å². The van der Waals surface area contributed by atoms with Crippen molar-refractivity contribution in [1.29, 1.82) is 0 Å². The van der Waals surface area contributed by atoms with Gasteiger partial charge < -0.3 is 14.7 Å². The molecule has 2 heterocycles. The minimum absolute atomic E-state index is 0.0751. The molecule has 4 nitrogen and oxygen atoms in total. The Balaban J connectivity index is 1.99. The molecule has 6 atom stereocenters. The van der Waals surface area contributed by atoms with E-state index in [1.165, 1.54) is 0 Å². The van der Waals surface area contributed by atoms with Crippen molar-refractivity contribution >= 4 is 5.91 Å². The first-order chi connectivity index (χ1) is 9.82. The Morgan fingerprint density at radius 2 is 2.19 bits per heavy atom. The molecular weight excluding hydrogens is 266 g/mol. The molecule has 3 rings (SSSR count). The average molecular weight is 293 g/mol. The first-order valence-electron chi connectivity index (χ1n) is 8.12. The van der Waals surface area contributed by atoms with E-state index >= 15 is 0 Å². The highest BCUT2D eigenvalue weighted by Crippen LogP contribution is 2.54. The van der Waals surface area contributed by atoms with E-state index in [-0.39, 0.29) is 23.8 Å². The SMILES string of the molecule is CC1C[C@H]2C(=O)N(C)[C@](C)([C@H](O)[C@@H]3C=CCCC3)[C@@]2(C)O1. The summed E-state index contributed by atoms with van der Waals surface area (Å²) in [6.45, 7) is 6.03. The maximum absolute atomic E-state index is 12.7. The van der Waals surface area contributed by atoms with Crippen LogP contribution in [0.3, 0.4) is 0 Å². The third-order valence-electron chi connectivity index (χ3n) is 6.28. The number of carbonyl (C=O) groups excluding carboxylic acids is 1. The van der Waals surface area contributed by atoms with Crippen LogP contribution in [0.2, 0.25) is 0 Å². The summed E-state index contributed by atoms with van der Waals surface area (Å²) in [4.78, 5) is 14.4. The third kappa shape index (κ3) is 1.85. The smallest absolute Gasteiger partial charge is 0.229 e. The van der Waals surface area contributed by atoms with Gasteiger partial charge in [-0.3, -0.25) is 4.79 Å². The zero-order valence-corrected chi connectivity index (χ0v) is 13.5. The van der Waals surface area contributed by atoms with Gasteiger partial charge >= 0.3 is 0 Å². The quantitative estimate of drug-likeness (QED) is 0.793. The maximum atomic E-state index is 12.7.